The molecule has 0 heterocycles. The molecule has 0 bridgehead atoms. The van der Waals surface area contributed by atoms with Crippen molar-refractivity contribution in [2.45, 2.75) is 19.1 Å². The van der Waals surface area contributed by atoms with Crippen LogP contribution in [0.1, 0.15) is 35.8 Å². The Morgan fingerprint density at radius 2 is 0.800 bits per heavy atom. The summed E-state index contributed by atoms with van der Waals surface area (Å²) >= 11 is 0. The molecule has 0 aliphatic heterocycles. The van der Waals surface area contributed by atoms with Crippen LogP contribution in [0.2, 0.25) is 0 Å². The van der Waals surface area contributed by atoms with Gasteiger partial charge in [0.15, 0.2) is 0 Å². The number of fused-ring (bicyclic) bond motifs is 4. The lowest BCUT2D eigenvalue weighted by Gasteiger charge is -2.23. The molecular formula is C68H50N2. The van der Waals surface area contributed by atoms with Crippen molar-refractivity contribution in [3.63, 3.8) is 0 Å². The van der Waals surface area contributed by atoms with Crippen molar-refractivity contribution >= 4 is 27.3 Å². The Kier molecular flexibility index (Phi) is 11.2. The first-order chi connectivity index (χ1) is 34.6. The molecule has 0 fully saturated rings. The largest absolute Gasteiger partial charge is 0.282 e. The fraction of sp³-hybridized carbons (Fsp3) is 0.0441. The molecule has 1 aliphatic rings. The summed E-state index contributed by atoms with van der Waals surface area (Å²) in [4.78, 5) is 5.41. The van der Waals surface area contributed by atoms with Gasteiger partial charge in [0.25, 0.3) is 0 Å². The summed E-state index contributed by atoms with van der Waals surface area (Å²) in [6.45, 7) is 6.32. The first kappa shape index (κ1) is 42.6. The van der Waals surface area contributed by atoms with Crippen molar-refractivity contribution < 1.29 is 0 Å². The summed E-state index contributed by atoms with van der Waals surface area (Å²) in [6.07, 6.45) is 1.65. The van der Waals surface area contributed by atoms with Crippen LogP contribution in [-0.4, -0.2) is 5.71 Å². The van der Waals surface area contributed by atoms with E-state index in [2.05, 4.69) is 261 Å². The number of nitrogens with one attached hydrogen (secondary N) is 1. The minimum atomic E-state index is -0.312. The monoisotopic (exact) mass is 894 g/mol. The third-order valence-electron chi connectivity index (χ3n) is 14.2. The van der Waals surface area contributed by atoms with Crippen LogP contribution in [0.25, 0.3) is 99.4 Å². The zero-order valence-corrected chi connectivity index (χ0v) is 39.1. The third kappa shape index (κ3) is 7.95. The van der Waals surface area contributed by atoms with Crippen LogP contribution in [0.15, 0.2) is 266 Å². The average Bonchev–Trinajstić information content (AvgIpc) is 3.77. The molecule has 0 radical (unpaired) electrons. The van der Waals surface area contributed by atoms with E-state index < -0.39 is 0 Å². The Morgan fingerprint density at radius 3 is 1.41 bits per heavy atom. The summed E-state index contributed by atoms with van der Waals surface area (Å²) in [6, 6.07) is 90.0. The van der Waals surface area contributed by atoms with Crippen LogP contribution in [-0.2, 0) is 0 Å². The number of nitrogens with zero attached hydrogens (tertiary/aromatic N) is 1. The maximum absolute atomic E-state index is 5.41. The van der Waals surface area contributed by atoms with Gasteiger partial charge >= 0.3 is 0 Å². The zero-order valence-electron chi connectivity index (χ0n) is 39.1. The lowest BCUT2D eigenvalue weighted by molar-refractivity contribution is 0.511. The Labute approximate surface area is 410 Å². The second kappa shape index (κ2) is 18.4. The lowest BCUT2D eigenvalue weighted by Crippen LogP contribution is -2.25. The fourth-order valence-corrected chi connectivity index (χ4v) is 10.6. The van der Waals surface area contributed by atoms with Crippen molar-refractivity contribution in [3.05, 3.63) is 278 Å². The number of aliphatic imine (C=N–C) groups is 1. The van der Waals surface area contributed by atoms with Crippen molar-refractivity contribution in [1.29, 1.82) is 0 Å². The van der Waals surface area contributed by atoms with Crippen LogP contribution in [0, 0.1) is 0 Å². The average molecular weight is 895 g/mol. The van der Waals surface area contributed by atoms with E-state index in [1.54, 1.807) is 0 Å². The maximum atomic E-state index is 5.41. The zero-order chi connectivity index (χ0) is 47.0. The van der Waals surface area contributed by atoms with E-state index >= 15 is 0 Å². The van der Waals surface area contributed by atoms with Gasteiger partial charge < -0.3 is 0 Å². The highest BCUT2D eigenvalue weighted by molar-refractivity contribution is 6.18. The molecule has 12 rings (SSSR count). The van der Waals surface area contributed by atoms with Gasteiger partial charge in [-0.2, -0.15) is 0 Å². The van der Waals surface area contributed by atoms with E-state index in [0.717, 1.165) is 28.0 Å². The van der Waals surface area contributed by atoms with E-state index in [-0.39, 0.29) is 12.2 Å². The van der Waals surface area contributed by atoms with Gasteiger partial charge in [0.1, 0.15) is 6.17 Å². The highest BCUT2D eigenvalue weighted by Gasteiger charge is 2.23. The molecule has 0 amide bonds. The minimum Gasteiger partial charge on any atom is -0.282 e. The molecule has 2 unspecified atom stereocenters. The quantitative estimate of drug-likeness (QED) is 0.0959. The van der Waals surface area contributed by atoms with Crippen molar-refractivity contribution in [2.24, 2.45) is 4.99 Å². The second-order valence-electron chi connectivity index (χ2n) is 18.3. The summed E-state index contributed by atoms with van der Waals surface area (Å²) in [5.74, 6) is 0. The van der Waals surface area contributed by atoms with Crippen LogP contribution in [0.3, 0.4) is 0 Å². The summed E-state index contributed by atoms with van der Waals surface area (Å²) < 4.78 is 0. The summed E-state index contributed by atoms with van der Waals surface area (Å²) in [7, 11) is 0. The number of hydrogen-bond donors (Lipinski definition) is 1. The molecular weight excluding hydrogens is 845 g/mol. The van der Waals surface area contributed by atoms with Crippen LogP contribution in [0.5, 0.6) is 0 Å². The lowest BCUT2D eigenvalue weighted by atomic mass is 9.91. The number of rotatable bonds is 12. The Bertz CT molecular complexity index is 3710. The standard InChI is InChI=1S/C68H50N2/c1-3-66(52-18-8-5-9-19-52)70-68(53-40-34-47(35-41-53)46-16-6-4-7-17-46)69-45(2)54-20-12-21-55(44-54)57-25-14-26-59-56(24-13-27-60(57)59)50-36-30-48(31-37-50)49-32-38-51(39-33-49)58-42-43-65-62-23-11-10-22-61(62)64-29-15-28-63(58)67(64)65/h3-44,66,68,70H,1H2,2H3/b69-45+. The molecule has 1 aliphatic carbocycles. The van der Waals surface area contributed by atoms with Crippen molar-refractivity contribution in [3.8, 4) is 77.9 Å². The number of benzene rings is 11. The molecule has 11 aromatic rings. The first-order valence-corrected chi connectivity index (χ1v) is 24.2. The molecule has 0 spiro atoms. The summed E-state index contributed by atoms with van der Waals surface area (Å²) in [5.41, 5.74) is 21.6. The Morgan fingerprint density at radius 1 is 0.371 bits per heavy atom. The highest BCUT2D eigenvalue weighted by Crippen LogP contribution is 2.49. The van der Waals surface area contributed by atoms with E-state index in [4.69, 9.17) is 4.99 Å². The molecule has 0 aromatic heterocycles. The smallest absolute Gasteiger partial charge is 0.126 e. The topological polar surface area (TPSA) is 24.4 Å². The second-order valence-corrected chi connectivity index (χ2v) is 18.3. The van der Waals surface area contributed by atoms with Crippen LogP contribution >= 0.6 is 0 Å². The molecule has 2 heteroatoms. The molecule has 2 nitrogen and oxygen atoms in total. The van der Waals surface area contributed by atoms with E-state index in [1.807, 2.05) is 12.1 Å². The van der Waals surface area contributed by atoms with Gasteiger partial charge in [0.2, 0.25) is 0 Å². The number of hydrogen-bond acceptors (Lipinski definition) is 2. The van der Waals surface area contributed by atoms with E-state index in [1.165, 1.54) is 93.9 Å². The first-order valence-electron chi connectivity index (χ1n) is 24.2. The Balaban J connectivity index is 0.818. The SMILES string of the molecule is C=CC(NC(/N=C(\C)c1cccc(-c2cccc3c(-c4ccc(-c5ccc(-c6ccc7c8c(cccc68)-c6ccccc6-7)cc5)cc4)cccc23)c1)c1ccc(-c2ccccc2)cc1)c1ccccc1. The van der Waals surface area contributed by atoms with Crippen molar-refractivity contribution in [1.82, 2.24) is 5.32 Å². The maximum Gasteiger partial charge on any atom is 0.126 e. The van der Waals surface area contributed by atoms with Gasteiger partial charge in [-0.15, -0.1) is 6.58 Å². The van der Waals surface area contributed by atoms with Gasteiger partial charge in [-0.3, -0.25) is 10.3 Å². The van der Waals surface area contributed by atoms with Gasteiger partial charge in [-0.05, 0) is 129 Å². The molecule has 0 saturated carbocycles. The van der Waals surface area contributed by atoms with Crippen LogP contribution in [0.4, 0.5) is 0 Å². The molecule has 2 atom stereocenters. The van der Waals surface area contributed by atoms with Gasteiger partial charge in [0, 0.05) is 5.71 Å². The van der Waals surface area contributed by atoms with Crippen LogP contribution < -0.4 is 5.32 Å². The highest BCUT2D eigenvalue weighted by atomic mass is 15.1. The Hall–Kier alpha value is -8.69. The molecule has 1 N–H and O–H groups in total. The predicted octanol–water partition coefficient (Wildman–Crippen LogP) is 18.0. The minimum absolute atomic E-state index is 0.0900. The van der Waals surface area contributed by atoms with E-state index in [0.29, 0.717) is 0 Å². The van der Waals surface area contributed by atoms with Gasteiger partial charge in [-0.1, -0.05) is 249 Å². The predicted molar refractivity (Wildman–Crippen MR) is 297 cm³/mol. The molecule has 70 heavy (non-hydrogen) atoms. The molecule has 0 saturated heterocycles. The van der Waals surface area contributed by atoms with Gasteiger partial charge in [0.05, 0.1) is 6.04 Å². The molecule has 11 aromatic carbocycles. The van der Waals surface area contributed by atoms with Crippen molar-refractivity contribution in [2.75, 3.05) is 0 Å². The van der Waals surface area contributed by atoms with Gasteiger partial charge in [-0.25, -0.2) is 0 Å². The van der Waals surface area contributed by atoms with E-state index in [9.17, 15) is 0 Å². The summed E-state index contributed by atoms with van der Waals surface area (Å²) in [5, 5.41) is 8.92. The molecule has 332 valence electrons. The normalized spacial score (nSPS) is 12.7. The fourth-order valence-electron chi connectivity index (χ4n) is 10.6. The third-order valence-corrected chi connectivity index (χ3v) is 14.2.